The van der Waals surface area contributed by atoms with Crippen molar-refractivity contribution in [2.45, 2.75) is 58.0 Å². The van der Waals surface area contributed by atoms with Gasteiger partial charge in [-0.1, -0.05) is 25.8 Å². The molecule has 0 spiro atoms. The lowest BCUT2D eigenvalue weighted by Gasteiger charge is -2.02. The minimum Gasteiger partial charge on any atom is -0.392 e. The van der Waals surface area contributed by atoms with E-state index in [0.29, 0.717) is 6.42 Å². The molecule has 0 heterocycles. The van der Waals surface area contributed by atoms with Crippen molar-refractivity contribution in [3.05, 3.63) is 12.7 Å². The highest BCUT2D eigenvalue weighted by Crippen LogP contribution is 2.01. The van der Waals surface area contributed by atoms with Crippen molar-refractivity contribution in [3.63, 3.8) is 0 Å². The third-order valence-corrected chi connectivity index (χ3v) is 2.07. The predicted molar refractivity (Wildman–Crippen MR) is 62.0 cm³/mol. The van der Waals surface area contributed by atoms with Crippen LogP contribution in [0.3, 0.4) is 0 Å². The van der Waals surface area contributed by atoms with Gasteiger partial charge in [0.15, 0.2) is 0 Å². The Bertz CT molecular complexity index is 185. The van der Waals surface area contributed by atoms with Crippen molar-refractivity contribution in [3.8, 4) is 11.8 Å². The van der Waals surface area contributed by atoms with Crippen LogP contribution in [0.4, 0.5) is 0 Å². The van der Waals surface area contributed by atoms with Gasteiger partial charge in [-0.25, -0.2) is 0 Å². The molecule has 0 aliphatic carbocycles. The Balaban J connectivity index is 3.34. The maximum Gasteiger partial charge on any atom is 0.0652 e. The van der Waals surface area contributed by atoms with E-state index in [-0.39, 0.29) is 6.10 Å². The monoisotopic (exact) mass is 194 g/mol. The molecule has 0 amide bonds. The average molecular weight is 194 g/mol. The van der Waals surface area contributed by atoms with Gasteiger partial charge in [-0.2, -0.15) is 0 Å². The highest BCUT2D eigenvalue weighted by molar-refractivity contribution is 5.00. The van der Waals surface area contributed by atoms with Gasteiger partial charge in [0.25, 0.3) is 0 Å². The third-order valence-electron chi connectivity index (χ3n) is 2.07. The molecule has 1 unspecified atom stereocenters. The Hall–Kier alpha value is -0.740. The molecule has 1 heteroatoms. The van der Waals surface area contributed by atoms with Gasteiger partial charge < -0.3 is 5.11 Å². The summed E-state index contributed by atoms with van der Waals surface area (Å²) in [6.45, 7) is 5.80. The molecule has 80 valence electrons. The van der Waals surface area contributed by atoms with Gasteiger partial charge in [-0.05, 0) is 19.3 Å². The van der Waals surface area contributed by atoms with Gasteiger partial charge in [0, 0.05) is 12.8 Å². The second-order valence-corrected chi connectivity index (χ2v) is 3.53. The van der Waals surface area contributed by atoms with E-state index in [0.717, 1.165) is 19.3 Å². The number of unbranched alkanes of at least 4 members (excludes halogenated alkanes) is 3. The molecular weight excluding hydrogens is 172 g/mol. The summed E-state index contributed by atoms with van der Waals surface area (Å²) in [4.78, 5) is 0. The molecule has 0 saturated heterocycles. The van der Waals surface area contributed by atoms with Crippen LogP contribution in [-0.2, 0) is 0 Å². The van der Waals surface area contributed by atoms with E-state index in [4.69, 9.17) is 0 Å². The topological polar surface area (TPSA) is 20.2 Å². The molecule has 0 aromatic carbocycles. The van der Waals surface area contributed by atoms with Gasteiger partial charge >= 0.3 is 0 Å². The average Bonchev–Trinajstić information content (AvgIpc) is 2.20. The number of aliphatic hydroxyl groups excluding tert-OH is 1. The van der Waals surface area contributed by atoms with E-state index in [2.05, 4.69) is 25.3 Å². The Kier molecular flexibility index (Phi) is 9.79. The van der Waals surface area contributed by atoms with Crippen LogP contribution in [-0.4, -0.2) is 11.2 Å². The first-order valence-electron chi connectivity index (χ1n) is 5.56. The van der Waals surface area contributed by atoms with E-state index in [1.807, 2.05) is 6.08 Å². The van der Waals surface area contributed by atoms with E-state index in [1.54, 1.807) is 0 Å². The summed E-state index contributed by atoms with van der Waals surface area (Å²) in [6, 6.07) is 0. The van der Waals surface area contributed by atoms with Crippen LogP contribution in [0.5, 0.6) is 0 Å². The lowest BCUT2D eigenvalue weighted by atomic mass is 10.1. The van der Waals surface area contributed by atoms with Gasteiger partial charge in [0.2, 0.25) is 0 Å². The molecule has 0 aliphatic heterocycles. The van der Waals surface area contributed by atoms with Crippen LogP contribution in [0.15, 0.2) is 12.7 Å². The zero-order valence-electron chi connectivity index (χ0n) is 9.26. The standard InChI is InChI=1S/C13H22O/c1-3-5-7-8-9-10-12-13(14)11-6-4-2/h4,13-14H,2-3,5-8,11-12H2,1H3. The Morgan fingerprint density at radius 2 is 2.14 bits per heavy atom. The van der Waals surface area contributed by atoms with Crippen LogP contribution in [0.1, 0.15) is 51.9 Å². The van der Waals surface area contributed by atoms with E-state index < -0.39 is 0 Å². The second kappa shape index (κ2) is 10.3. The zero-order chi connectivity index (χ0) is 10.6. The molecule has 0 fully saturated rings. The van der Waals surface area contributed by atoms with Crippen LogP contribution in [0.2, 0.25) is 0 Å². The molecule has 0 bridgehead atoms. The first-order chi connectivity index (χ1) is 6.81. The van der Waals surface area contributed by atoms with Crippen molar-refractivity contribution in [1.82, 2.24) is 0 Å². The number of rotatable bonds is 7. The molecule has 1 atom stereocenters. The molecule has 0 aromatic heterocycles. The maximum atomic E-state index is 9.43. The molecule has 14 heavy (non-hydrogen) atoms. The number of aliphatic hydroxyl groups is 1. The fourth-order valence-corrected chi connectivity index (χ4v) is 1.15. The molecule has 0 saturated carbocycles. The minimum atomic E-state index is -0.272. The lowest BCUT2D eigenvalue weighted by Crippen LogP contribution is -2.03. The molecule has 1 nitrogen and oxygen atoms in total. The highest BCUT2D eigenvalue weighted by atomic mass is 16.3. The molecular formula is C13H22O. The number of hydrogen-bond acceptors (Lipinski definition) is 1. The highest BCUT2D eigenvalue weighted by Gasteiger charge is 1.98. The van der Waals surface area contributed by atoms with E-state index in [9.17, 15) is 5.11 Å². The molecule has 1 N–H and O–H groups in total. The van der Waals surface area contributed by atoms with Gasteiger partial charge in [0.05, 0.1) is 6.10 Å². The normalized spacial score (nSPS) is 11.6. The van der Waals surface area contributed by atoms with Gasteiger partial charge in [-0.3, -0.25) is 0 Å². The lowest BCUT2D eigenvalue weighted by molar-refractivity contribution is 0.171. The minimum absolute atomic E-state index is 0.272. The summed E-state index contributed by atoms with van der Waals surface area (Å²) in [5.74, 6) is 6.11. The largest absolute Gasteiger partial charge is 0.392 e. The third kappa shape index (κ3) is 9.35. The van der Waals surface area contributed by atoms with Crippen molar-refractivity contribution in [1.29, 1.82) is 0 Å². The molecule has 0 aliphatic rings. The second-order valence-electron chi connectivity index (χ2n) is 3.53. The number of hydrogen-bond donors (Lipinski definition) is 1. The van der Waals surface area contributed by atoms with Crippen LogP contribution in [0.25, 0.3) is 0 Å². The first-order valence-corrected chi connectivity index (χ1v) is 5.56. The summed E-state index contributed by atoms with van der Waals surface area (Å²) < 4.78 is 0. The predicted octanol–water partition coefficient (Wildman–Crippen LogP) is 3.29. The van der Waals surface area contributed by atoms with Crippen molar-refractivity contribution in [2.24, 2.45) is 0 Å². The van der Waals surface area contributed by atoms with Crippen LogP contribution >= 0.6 is 0 Å². The van der Waals surface area contributed by atoms with Crippen LogP contribution < -0.4 is 0 Å². The maximum absolute atomic E-state index is 9.43. The summed E-state index contributed by atoms with van der Waals surface area (Å²) in [6.07, 6.45) is 8.49. The first kappa shape index (κ1) is 13.3. The van der Waals surface area contributed by atoms with Crippen molar-refractivity contribution < 1.29 is 5.11 Å². The fraction of sp³-hybridized carbons (Fsp3) is 0.692. The van der Waals surface area contributed by atoms with Gasteiger partial charge in [0.1, 0.15) is 0 Å². The van der Waals surface area contributed by atoms with Crippen molar-refractivity contribution >= 4 is 0 Å². The quantitative estimate of drug-likeness (QED) is 0.374. The SMILES string of the molecule is C=CCCC(O)CC#CCCCCC. The van der Waals surface area contributed by atoms with E-state index >= 15 is 0 Å². The molecule has 0 rings (SSSR count). The van der Waals surface area contributed by atoms with Gasteiger partial charge in [-0.15, -0.1) is 18.4 Å². The fourth-order valence-electron chi connectivity index (χ4n) is 1.15. The van der Waals surface area contributed by atoms with Crippen molar-refractivity contribution in [2.75, 3.05) is 0 Å². The Morgan fingerprint density at radius 1 is 1.36 bits per heavy atom. The summed E-state index contributed by atoms with van der Waals surface area (Å²) >= 11 is 0. The van der Waals surface area contributed by atoms with Crippen LogP contribution in [0, 0.1) is 11.8 Å². The Labute approximate surface area is 88.2 Å². The molecule has 0 radical (unpaired) electrons. The van der Waals surface area contributed by atoms with E-state index in [1.165, 1.54) is 19.3 Å². The number of allylic oxidation sites excluding steroid dienone is 1. The summed E-state index contributed by atoms with van der Waals surface area (Å²) in [5, 5.41) is 9.43. The molecule has 0 aromatic rings. The Morgan fingerprint density at radius 3 is 2.79 bits per heavy atom. The zero-order valence-corrected chi connectivity index (χ0v) is 9.26. The summed E-state index contributed by atoms with van der Waals surface area (Å²) in [5.41, 5.74) is 0. The summed E-state index contributed by atoms with van der Waals surface area (Å²) in [7, 11) is 0. The smallest absolute Gasteiger partial charge is 0.0652 e.